The summed E-state index contributed by atoms with van der Waals surface area (Å²) >= 11 is 5.74. The summed E-state index contributed by atoms with van der Waals surface area (Å²) in [6, 6.07) is 6.19. The van der Waals surface area contributed by atoms with E-state index < -0.39 is 28.2 Å². The largest absolute Gasteiger partial charge is 0.411 e. The zero-order valence-electron chi connectivity index (χ0n) is 13.3. The molecule has 25 heavy (non-hydrogen) atoms. The lowest BCUT2D eigenvalue weighted by Crippen LogP contribution is -2.28. The van der Waals surface area contributed by atoms with E-state index in [1.807, 2.05) is 0 Å². The Hall–Kier alpha value is -1.32. The smallest absolute Gasteiger partial charge is 0.387 e. The molecule has 0 bridgehead atoms. The van der Waals surface area contributed by atoms with Crippen LogP contribution < -0.4 is 0 Å². The number of ether oxygens (including phenoxy) is 1. The molecular formula is C15H17ClF3NO4S. The average Bonchev–Trinajstić information content (AvgIpc) is 2.90. The lowest BCUT2D eigenvalue weighted by atomic mass is 10.1. The molecule has 0 fully saturated rings. The van der Waals surface area contributed by atoms with Crippen molar-refractivity contribution in [1.82, 2.24) is 0 Å². The Morgan fingerprint density at radius 2 is 2.04 bits per heavy atom. The van der Waals surface area contributed by atoms with E-state index >= 15 is 0 Å². The highest BCUT2D eigenvalue weighted by molar-refractivity contribution is 8.05. The molecule has 1 atom stereocenters. The van der Waals surface area contributed by atoms with Crippen LogP contribution in [-0.2, 0) is 31.8 Å². The molecule has 0 aliphatic carbocycles. The van der Waals surface area contributed by atoms with Crippen molar-refractivity contribution < 1.29 is 31.2 Å². The fourth-order valence-corrected chi connectivity index (χ4v) is 3.78. The SMILES string of the molecule is CC1(CCl)CC(S(=O)(=O)Cc2cccc(COCC(F)(F)F)c2)=NO1. The van der Waals surface area contributed by atoms with E-state index in [0.29, 0.717) is 11.1 Å². The number of sulfone groups is 1. The fourth-order valence-electron chi connectivity index (χ4n) is 2.18. The molecule has 0 N–H and O–H groups in total. The van der Waals surface area contributed by atoms with Gasteiger partial charge in [0, 0.05) is 6.42 Å². The molecule has 0 spiro atoms. The zero-order valence-corrected chi connectivity index (χ0v) is 14.9. The van der Waals surface area contributed by atoms with Crippen LogP contribution in [0, 0.1) is 0 Å². The van der Waals surface area contributed by atoms with Crippen molar-refractivity contribution in [3.63, 3.8) is 0 Å². The standard InChI is InChI=1S/C15H17ClF3NO4S/c1-14(9-16)6-13(20-24-14)25(21,22)8-12-4-2-3-11(5-12)7-23-10-15(17,18)19/h2-5H,6-10H2,1H3. The molecule has 2 rings (SSSR count). The highest BCUT2D eigenvalue weighted by atomic mass is 35.5. The Balaban J connectivity index is 2.02. The number of alkyl halides is 4. The van der Waals surface area contributed by atoms with Gasteiger partial charge in [0.1, 0.15) is 6.61 Å². The van der Waals surface area contributed by atoms with Gasteiger partial charge in [-0.05, 0) is 18.1 Å². The van der Waals surface area contributed by atoms with E-state index in [0.717, 1.165) is 0 Å². The maximum absolute atomic E-state index is 12.4. The lowest BCUT2D eigenvalue weighted by molar-refractivity contribution is -0.176. The summed E-state index contributed by atoms with van der Waals surface area (Å²) < 4.78 is 65.7. The molecule has 1 aromatic rings. The summed E-state index contributed by atoms with van der Waals surface area (Å²) in [5.41, 5.74) is 0.0273. The molecule has 0 amide bonds. The number of hydrogen-bond donors (Lipinski definition) is 0. The first-order valence-electron chi connectivity index (χ1n) is 7.29. The van der Waals surface area contributed by atoms with Crippen LogP contribution >= 0.6 is 11.6 Å². The predicted octanol–water partition coefficient (Wildman–Crippen LogP) is 3.41. The highest BCUT2D eigenvalue weighted by Gasteiger charge is 2.39. The van der Waals surface area contributed by atoms with Crippen LogP contribution in [0.2, 0.25) is 0 Å². The van der Waals surface area contributed by atoms with Gasteiger partial charge in [0.2, 0.25) is 0 Å². The van der Waals surface area contributed by atoms with Crippen molar-refractivity contribution >= 4 is 26.5 Å². The van der Waals surface area contributed by atoms with Crippen molar-refractivity contribution in [3.8, 4) is 0 Å². The van der Waals surface area contributed by atoms with E-state index in [2.05, 4.69) is 9.89 Å². The molecule has 1 unspecified atom stereocenters. The molecule has 1 heterocycles. The van der Waals surface area contributed by atoms with Crippen LogP contribution in [0.4, 0.5) is 13.2 Å². The van der Waals surface area contributed by atoms with Crippen LogP contribution in [0.1, 0.15) is 24.5 Å². The summed E-state index contributed by atoms with van der Waals surface area (Å²) in [6.07, 6.45) is -4.33. The van der Waals surface area contributed by atoms with Gasteiger partial charge in [-0.25, -0.2) is 8.42 Å². The number of nitrogens with zero attached hydrogens (tertiary/aromatic N) is 1. The minimum atomic E-state index is -4.41. The van der Waals surface area contributed by atoms with Crippen molar-refractivity contribution in [2.45, 2.75) is 37.5 Å². The normalized spacial score (nSPS) is 21.1. The molecular weight excluding hydrogens is 383 g/mol. The van der Waals surface area contributed by atoms with Crippen molar-refractivity contribution in [3.05, 3.63) is 35.4 Å². The number of benzene rings is 1. The molecule has 0 aromatic heterocycles. The van der Waals surface area contributed by atoms with Crippen molar-refractivity contribution in [1.29, 1.82) is 0 Å². The molecule has 0 saturated heterocycles. The van der Waals surface area contributed by atoms with Crippen molar-refractivity contribution in [2.24, 2.45) is 5.16 Å². The van der Waals surface area contributed by atoms with Gasteiger partial charge in [0.05, 0.1) is 18.2 Å². The second-order valence-electron chi connectivity index (χ2n) is 6.02. The Kier molecular flexibility index (Phi) is 6.01. The van der Waals surface area contributed by atoms with Gasteiger partial charge in [0.25, 0.3) is 0 Å². The highest BCUT2D eigenvalue weighted by Crippen LogP contribution is 2.28. The second-order valence-corrected chi connectivity index (χ2v) is 8.28. The third-order valence-corrected chi connectivity index (χ3v) is 5.63. The van der Waals surface area contributed by atoms with Crippen molar-refractivity contribution in [2.75, 3.05) is 12.5 Å². The van der Waals surface area contributed by atoms with Crippen LogP contribution in [0.25, 0.3) is 0 Å². The first-order chi connectivity index (χ1) is 11.5. The minimum Gasteiger partial charge on any atom is -0.387 e. The van der Waals surface area contributed by atoms with E-state index in [1.54, 1.807) is 25.1 Å². The molecule has 1 aliphatic rings. The van der Waals surface area contributed by atoms with Gasteiger partial charge >= 0.3 is 6.18 Å². The van der Waals surface area contributed by atoms with E-state index in [4.69, 9.17) is 16.4 Å². The molecule has 10 heteroatoms. The quantitative estimate of drug-likeness (QED) is 0.687. The third kappa shape index (κ3) is 5.86. The van der Waals surface area contributed by atoms with Gasteiger partial charge in [-0.15, -0.1) is 11.6 Å². The van der Waals surface area contributed by atoms with E-state index in [9.17, 15) is 21.6 Å². The Morgan fingerprint density at radius 1 is 1.36 bits per heavy atom. The molecule has 5 nitrogen and oxygen atoms in total. The summed E-state index contributed by atoms with van der Waals surface area (Å²) in [5.74, 6) is -0.234. The van der Waals surface area contributed by atoms with Gasteiger partial charge in [-0.1, -0.05) is 29.4 Å². The third-order valence-electron chi connectivity index (χ3n) is 3.42. The molecule has 1 aliphatic heterocycles. The average molecular weight is 400 g/mol. The summed E-state index contributed by atoms with van der Waals surface area (Å²) in [7, 11) is -3.71. The monoisotopic (exact) mass is 399 g/mol. The Morgan fingerprint density at radius 3 is 2.64 bits per heavy atom. The molecule has 1 aromatic carbocycles. The first-order valence-corrected chi connectivity index (χ1v) is 9.48. The second kappa shape index (κ2) is 7.51. The topological polar surface area (TPSA) is 65.0 Å². The van der Waals surface area contributed by atoms with E-state index in [1.165, 1.54) is 6.07 Å². The van der Waals surface area contributed by atoms with Gasteiger partial charge in [0.15, 0.2) is 20.5 Å². The number of halogens is 4. The first kappa shape index (κ1) is 20.0. The van der Waals surface area contributed by atoms with Gasteiger partial charge in [-0.3, -0.25) is 0 Å². The van der Waals surface area contributed by atoms with Gasteiger partial charge < -0.3 is 9.57 Å². The van der Waals surface area contributed by atoms with Gasteiger partial charge in [-0.2, -0.15) is 13.2 Å². The molecule has 0 radical (unpaired) electrons. The number of hydrogen-bond acceptors (Lipinski definition) is 5. The number of rotatable bonds is 6. The Bertz CT molecular complexity index is 751. The van der Waals surface area contributed by atoms with E-state index in [-0.39, 0.29) is 29.7 Å². The maximum Gasteiger partial charge on any atom is 0.411 e. The molecule has 140 valence electrons. The summed E-state index contributed by atoms with van der Waals surface area (Å²) in [6.45, 7) is 0.0348. The fraction of sp³-hybridized carbons (Fsp3) is 0.533. The predicted molar refractivity (Wildman–Crippen MR) is 87.0 cm³/mol. The van der Waals surface area contributed by atoms with Crippen LogP contribution in [0.5, 0.6) is 0 Å². The van der Waals surface area contributed by atoms with Crippen LogP contribution in [-0.4, -0.2) is 37.7 Å². The maximum atomic E-state index is 12.4. The summed E-state index contributed by atoms with van der Waals surface area (Å²) in [4.78, 5) is 5.09. The minimum absolute atomic E-state index is 0.0766. The van der Waals surface area contributed by atoms with Crippen LogP contribution in [0.15, 0.2) is 29.4 Å². The van der Waals surface area contributed by atoms with Crippen LogP contribution in [0.3, 0.4) is 0 Å². The lowest BCUT2D eigenvalue weighted by Gasteiger charge is -2.16. The number of oxime groups is 1. The Labute approximate surface area is 148 Å². The molecule has 0 saturated carbocycles. The summed E-state index contributed by atoms with van der Waals surface area (Å²) in [5, 5.41) is 3.53. The zero-order chi connectivity index (χ0) is 18.7.